The van der Waals surface area contributed by atoms with Gasteiger partial charge in [0.05, 0.1) is 12.1 Å². The van der Waals surface area contributed by atoms with Crippen LogP contribution in [0.1, 0.15) is 41.5 Å². The highest BCUT2D eigenvalue weighted by molar-refractivity contribution is 5.86. The molecule has 0 aliphatic carbocycles. The lowest BCUT2D eigenvalue weighted by Gasteiger charge is -2.28. The van der Waals surface area contributed by atoms with E-state index in [1.54, 1.807) is 12.4 Å². The van der Waals surface area contributed by atoms with Crippen LogP contribution in [0.25, 0.3) is 10.9 Å². The second kappa shape index (κ2) is 6.28. The molecule has 0 spiro atoms. The van der Waals surface area contributed by atoms with Crippen LogP contribution in [0.15, 0.2) is 42.7 Å². The van der Waals surface area contributed by atoms with Crippen LogP contribution in [-0.2, 0) is 13.0 Å². The highest BCUT2D eigenvalue weighted by atomic mass is 16.3. The minimum absolute atomic E-state index is 0.0280. The molecule has 0 radical (unpaired) electrons. The van der Waals surface area contributed by atoms with Crippen LogP contribution in [0.3, 0.4) is 0 Å². The Bertz CT molecular complexity index is 900. The fourth-order valence-corrected chi connectivity index (χ4v) is 4.09. The fourth-order valence-electron chi connectivity index (χ4n) is 4.09. The largest absolute Gasteiger partial charge is 0.386 e. The first-order valence-electron chi connectivity index (χ1n) is 8.95. The zero-order valence-electron chi connectivity index (χ0n) is 15.1. The fraction of sp³-hybridized carbons (Fsp3) is 0.381. The van der Waals surface area contributed by atoms with Crippen LogP contribution in [0, 0.1) is 6.92 Å². The van der Waals surface area contributed by atoms with E-state index in [-0.39, 0.29) is 6.04 Å². The summed E-state index contributed by atoms with van der Waals surface area (Å²) in [5.74, 6) is 0. The van der Waals surface area contributed by atoms with Gasteiger partial charge in [0.15, 0.2) is 0 Å². The highest BCUT2D eigenvalue weighted by Crippen LogP contribution is 2.37. The second-order valence-corrected chi connectivity index (χ2v) is 7.27. The first-order chi connectivity index (χ1) is 12.1. The van der Waals surface area contributed by atoms with E-state index < -0.39 is 6.10 Å². The predicted molar refractivity (Wildman–Crippen MR) is 101 cm³/mol. The molecule has 3 heterocycles. The summed E-state index contributed by atoms with van der Waals surface area (Å²) in [5.41, 5.74) is 6.22. The molecule has 3 aromatic rings. The van der Waals surface area contributed by atoms with Gasteiger partial charge >= 0.3 is 0 Å². The van der Waals surface area contributed by atoms with Crippen molar-refractivity contribution in [3.05, 3.63) is 65.1 Å². The molecule has 1 N–H and O–H groups in total. The second-order valence-electron chi connectivity index (χ2n) is 7.27. The molecule has 2 unspecified atom stereocenters. The Hall–Kier alpha value is -2.17. The molecule has 0 bridgehead atoms. The van der Waals surface area contributed by atoms with E-state index in [1.807, 2.05) is 12.1 Å². The van der Waals surface area contributed by atoms with Crippen LogP contribution in [0.4, 0.5) is 0 Å². The van der Waals surface area contributed by atoms with Gasteiger partial charge in [-0.25, -0.2) is 0 Å². The van der Waals surface area contributed by atoms with Gasteiger partial charge < -0.3 is 14.6 Å². The maximum absolute atomic E-state index is 11.0. The van der Waals surface area contributed by atoms with Gasteiger partial charge in [-0.2, -0.15) is 0 Å². The van der Waals surface area contributed by atoms with Crippen LogP contribution in [-0.4, -0.2) is 33.1 Å². The van der Waals surface area contributed by atoms with Gasteiger partial charge in [-0.05, 0) is 56.3 Å². The van der Waals surface area contributed by atoms with Crippen molar-refractivity contribution in [2.24, 2.45) is 0 Å². The van der Waals surface area contributed by atoms with Gasteiger partial charge in [-0.3, -0.25) is 4.98 Å². The molecular weight excluding hydrogens is 310 g/mol. The molecule has 130 valence electrons. The standard InChI is InChI=1S/C21H25N3O/c1-14-4-5-19-17(12-14)18-13-23(3)11-8-20(18)24(19)15(2)21(25)16-6-9-22-10-7-16/h4-7,9-10,12,15,21,25H,8,11,13H2,1-3H3. The van der Waals surface area contributed by atoms with Crippen LogP contribution < -0.4 is 0 Å². The number of likely N-dealkylation sites (N-methyl/N-ethyl adjacent to an activating group) is 1. The number of nitrogens with zero attached hydrogens (tertiary/aromatic N) is 3. The Morgan fingerprint density at radius 3 is 2.68 bits per heavy atom. The number of aliphatic hydroxyl groups excluding tert-OH is 1. The molecule has 0 amide bonds. The average Bonchev–Trinajstić information content (AvgIpc) is 2.94. The number of benzene rings is 1. The van der Waals surface area contributed by atoms with E-state index >= 15 is 0 Å². The highest BCUT2D eigenvalue weighted by Gasteiger charge is 2.27. The molecule has 4 rings (SSSR count). The lowest BCUT2D eigenvalue weighted by atomic mass is 10.0. The Morgan fingerprint density at radius 1 is 1.16 bits per heavy atom. The summed E-state index contributed by atoms with van der Waals surface area (Å²) in [6.45, 7) is 6.29. The summed E-state index contributed by atoms with van der Waals surface area (Å²) in [6, 6.07) is 10.4. The van der Waals surface area contributed by atoms with E-state index in [0.717, 1.165) is 25.1 Å². The Kier molecular flexibility index (Phi) is 4.10. The molecular formula is C21H25N3O. The molecule has 0 fully saturated rings. The third-order valence-corrected chi connectivity index (χ3v) is 5.45. The van der Waals surface area contributed by atoms with Crippen molar-refractivity contribution in [2.45, 2.75) is 39.0 Å². The van der Waals surface area contributed by atoms with Crippen LogP contribution in [0.2, 0.25) is 0 Å². The number of hydrogen-bond donors (Lipinski definition) is 1. The molecule has 4 nitrogen and oxygen atoms in total. The first-order valence-corrected chi connectivity index (χ1v) is 8.95. The van der Waals surface area contributed by atoms with Crippen LogP contribution in [0.5, 0.6) is 0 Å². The maximum Gasteiger partial charge on any atom is 0.0995 e. The lowest BCUT2D eigenvalue weighted by Crippen LogP contribution is -2.28. The third kappa shape index (κ3) is 2.75. The molecule has 2 aromatic heterocycles. The summed E-state index contributed by atoms with van der Waals surface area (Å²) in [5, 5.41) is 12.3. The number of fused-ring (bicyclic) bond motifs is 3. The van der Waals surface area contributed by atoms with Crippen molar-refractivity contribution in [2.75, 3.05) is 13.6 Å². The third-order valence-electron chi connectivity index (χ3n) is 5.45. The SMILES string of the molecule is Cc1ccc2c(c1)c1c(n2C(C)C(O)c2ccncc2)CCN(C)C1. The van der Waals surface area contributed by atoms with Gasteiger partial charge in [-0.1, -0.05) is 11.6 Å². The molecule has 2 atom stereocenters. The van der Waals surface area contributed by atoms with E-state index in [2.05, 4.69) is 53.5 Å². The zero-order valence-corrected chi connectivity index (χ0v) is 15.1. The summed E-state index contributed by atoms with van der Waals surface area (Å²) < 4.78 is 2.36. The summed E-state index contributed by atoms with van der Waals surface area (Å²) in [6.07, 6.45) is 3.95. The molecule has 1 aliphatic rings. The van der Waals surface area contributed by atoms with Gasteiger partial charge in [0.1, 0.15) is 0 Å². The molecule has 25 heavy (non-hydrogen) atoms. The van der Waals surface area contributed by atoms with Crippen molar-refractivity contribution in [1.82, 2.24) is 14.5 Å². The molecule has 4 heteroatoms. The zero-order chi connectivity index (χ0) is 17.6. The molecule has 1 aromatic carbocycles. The van der Waals surface area contributed by atoms with Crippen molar-refractivity contribution in [3.8, 4) is 0 Å². The van der Waals surface area contributed by atoms with Crippen molar-refractivity contribution in [3.63, 3.8) is 0 Å². The smallest absolute Gasteiger partial charge is 0.0995 e. The normalized spacial score (nSPS) is 17.4. The average molecular weight is 335 g/mol. The van der Waals surface area contributed by atoms with Crippen LogP contribution >= 0.6 is 0 Å². The van der Waals surface area contributed by atoms with Gasteiger partial charge in [0.2, 0.25) is 0 Å². The molecule has 1 aliphatic heterocycles. The number of aliphatic hydroxyl groups is 1. The van der Waals surface area contributed by atoms with Gasteiger partial charge in [0.25, 0.3) is 0 Å². The number of aryl methyl sites for hydroxylation is 1. The number of hydrogen-bond acceptors (Lipinski definition) is 3. The lowest BCUT2D eigenvalue weighted by molar-refractivity contribution is 0.121. The number of aromatic nitrogens is 2. The number of pyridine rings is 1. The monoisotopic (exact) mass is 335 g/mol. The number of rotatable bonds is 3. The molecule has 0 saturated carbocycles. The minimum atomic E-state index is -0.552. The quantitative estimate of drug-likeness (QED) is 0.795. The Morgan fingerprint density at radius 2 is 1.92 bits per heavy atom. The topological polar surface area (TPSA) is 41.3 Å². The van der Waals surface area contributed by atoms with Crippen molar-refractivity contribution in [1.29, 1.82) is 0 Å². The van der Waals surface area contributed by atoms with E-state index in [9.17, 15) is 5.11 Å². The minimum Gasteiger partial charge on any atom is -0.386 e. The van der Waals surface area contributed by atoms with Crippen molar-refractivity contribution < 1.29 is 5.11 Å². The maximum atomic E-state index is 11.0. The van der Waals surface area contributed by atoms with E-state index in [1.165, 1.54) is 27.7 Å². The van der Waals surface area contributed by atoms with Gasteiger partial charge in [-0.15, -0.1) is 0 Å². The van der Waals surface area contributed by atoms with E-state index in [0.29, 0.717) is 0 Å². The Balaban J connectivity index is 1.87. The first kappa shape index (κ1) is 16.3. The predicted octanol–water partition coefficient (Wildman–Crippen LogP) is 3.63. The summed E-state index contributed by atoms with van der Waals surface area (Å²) in [4.78, 5) is 6.44. The molecule has 0 saturated heterocycles. The van der Waals surface area contributed by atoms with Gasteiger partial charge in [0, 0.05) is 48.5 Å². The van der Waals surface area contributed by atoms with E-state index in [4.69, 9.17) is 0 Å². The van der Waals surface area contributed by atoms with Crippen molar-refractivity contribution >= 4 is 10.9 Å². The summed E-state index contributed by atoms with van der Waals surface area (Å²) >= 11 is 0. The summed E-state index contributed by atoms with van der Waals surface area (Å²) in [7, 11) is 2.18. The Labute approximate surface area is 148 Å².